The molecule has 6 nitrogen and oxygen atoms in total. The Balaban J connectivity index is 3.19. The fourth-order valence-corrected chi connectivity index (χ4v) is 0.851. The van der Waals surface area contributed by atoms with Crippen molar-refractivity contribution in [1.29, 1.82) is 0 Å². The van der Waals surface area contributed by atoms with Crippen LogP contribution in [0.3, 0.4) is 0 Å². The molecule has 0 aliphatic rings. The van der Waals surface area contributed by atoms with Crippen LogP contribution >= 0.6 is 0 Å². The van der Waals surface area contributed by atoms with Crippen LogP contribution in [0.4, 0.5) is 0 Å². The molecule has 0 aliphatic carbocycles. The van der Waals surface area contributed by atoms with Gasteiger partial charge in [-0.15, -0.1) is 0 Å². The van der Waals surface area contributed by atoms with Gasteiger partial charge in [-0.1, -0.05) is 0 Å². The Morgan fingerprint density at radius 3 is 1.07 bits per heavy atom. The highest BCUT2D eigenvalue weighted by molar-refractivity contribution is 5.48. The summed E-state index contributed by atoms with van der Waals surface area (Å²) in [7, 11) is 0. The van der Waals surface area contributed by atoms with Crippen LogP contribution in [0, 0.1) is 0 Å². The predicted octanol–water partition coefficient (Wildman–Crippen LogP) is 1.46. The summed E-state index contributed by atoms with van der Waals surface area (Å²) in [6.45, 7) is 0. The lowest BCUT2D eigenvalue weighted by atomic mass is 10.4. The van der Waals surface area contributed by atoms with Gasteiger partial charge in [0, 0.05) is 18.2 Å². The number of hydrogen-bond donors (Lipinski definition) is 3. The molecule has 0 atom stereocenters. The Morgan fingerprint density at radius 1 is 0.600 bits per heavy atom. The number of rotatable bonds is 3. The molecule has 1 aromatic heterocycles. The average molecular weight is 207 g/mol. The van der Waals surface area contributed by atoms with E-state index in [1.807, 2.05) is 0 Å². The first kappa shape index (κ1) is 10.7. The first-order valence-corrected chi connectivity index (χ1v) is 3.98. The number of aliphatic hydroxyl groups is 3. The zero-order chi connectivity index (χ0) is 11.1. The molecule has 1 rings (SSSR count). The summed E-state index contributed by atoms with van der Waals surface area (Å²) in [6, 6.07) is 0. The summed E-state index contributed by atoms with van der Waals surface area (Å²) in [5, 5.41) is 25.6. The maximum absolute atomic E-state index is 8.55. The van der Waals surface area contributed by atoms with E-state index in [0.717, 1.165) is 18.8 Å². The number of aromatic nitrogens is 3. The number of nitrogens with zero attached hydrogens (tertiary/aromatic N) is 3. The van der Waals surface area contributed by atoms with Gasteiger partial charge in [-0.3, -0.25) is 0 Å². The lowest BCUT2D eigenvalue weighted by Gasteiger charge is -1.97. The topological polar surface area (TPSA) is 99.4 Å². The van der Waals surface area contributed by atoms with Crippen molar-refractivity contribution in [3.63, 3.8) is 0 Å². The minimum absolute atomic E-state index is 0.216. The Bertz CT molecular complexity index is 339. The van der Waals surface area contributed by atoms with Crippen molar-refractivity contribution in [1.82, 2.24) is 15.0 Å². The fourth-order valence-electron chi connectivity index (χ4n) is 0.851. The lowest BCUT2D eigenvalue weighted by Crippen LogP contribution is -1.98. The minimum atomic E-state index is 0.216. The van der Waals surface area contributed by atoms with E-state index in [1.54, 1.807) is 0 Å². The van der Waals surface area contributed by atoms with Gasteiger partial charge in [0.25, 0.3) is 0 Å². The zero-order valence-corrected chi connectivity index (χ0v) is 7.65. The predicted molar refractivity (Wildman–Crippen MR) is 54.8 cm³/mol. The van der Waals surface area contributed by atoms with E-state index in [0.29, 0.717) is 0 Å². The van der Waals surface area contributed by atoms with Crippen LogP contribution in [0.5, 0.6) is 0 Å². The molecule has 0 unspecified atom stereocenters. The Labute approximate surface area is 85.6 Å². The molecule has 0 saturated heterocycles. The summed E-state index contributed by atoms with van der Waals surface area (Å²) in [5.41, 5.74) is 0. The maximum atomic E-state index is 8.55. The SMILES string of the molecule is O/C=C\c1nc(/C=C/O)nc(/C=C/O)n1. The summed E-state index contributed by atoms with van der Waals surface area (Å²) >= 11 is 0. The third-order valence-electron chi connectivity index (χ3n) is 1.36. The smallest absolute Gasteiger partial charge is 0.159 e. The van der Waals surface area contributed by atoms with E-state index in [1.165, 1.54) is 18.2 Å². The van der Waals surface area contributed by atoms with Crippen LogP contribution in [0.1, 0.15) is 17.5 Å². The molecule has 1 heterocycles. The Morgan fingerprint density at radius 2 is 0.867 bits per heavy atom. The van der Waals surface area contributed by atoms with Crippen molar-refractivity contribution in [3.05, 3.63) is 36.3 Å². The highest BCUT2D eigenvalue weighted by Crippen LogP contribution is 2.01. The lowest BCUT2D eigenvalue weighted by molar-refractivity contribution is 0.477. The fraction of sp³-hybridized carbons (Fsp3) is 0. The van der Waals surface area contributed by atoms with Crippen molar-refractivity contribution >= 4 is 18.2 Å². The molecule has 6 heteroatoms. The molecular weight excluding hydrogens is 198 g/mol. The molecule has 78 valence electrons. The van der Waals surface area contributed by atoms with Crippen molar-refractivity contribution in [2.24, 2.45) is 0 Å². The van der Waals surface area contributed by atoms with Gasteiger partial charge in [0.1, 0.15) is 0 Å². The van der Waals surface area contributed by atoms with Crippen LogP contribution in [0.15, 0.2) is 18.8 Å². The summed E-state index contributed by atoms with van der Waals surface area (Å²) in [4.78, 5) is 11.6. The number of hydrogen-bond acceptors (Lipinski definition) is 6. The van der Waals surface area contributed by atoms with Gasteiger partial charge >= 0.3 is 0 Å². The average Bonchev–Trinajstić information content (AvgIpc) is 2.19. The molecule has 3 N–H and O–H groups in total. The van der Waals surface area contributed by atoms with Gasteiger partial charge in [0.2, 0.25) is 0 Å². The molecule has 1 aromatic rings. The highest BCUT2D eigenvalue weighted by atomic mass is 16.2. The van der Waals surface area contributed by atoms with E-state index < -0.39 is 0 Å². The van der Waals surface area contributed by atoms with Gasteiger partial charge in [-0.25, -0.2) is 15.0 Å². The summed E-state index contributed by atoms with van der Waals surface area (Å²) in [5.74, 6) is 0.649. The van der Waals surface area contributed by atoms with Gasteiger partial charge in [-0.05, 0) is 0 Å². The van der Waals surface area contributed by atoms with Crippen LogP contribution in [0.2, 0.25) is 0 Å². The third kappa shape index (κ3) is 3.11. The zero-order valence-electron chi connectivity index (χ0n) is 7.65. The molecule has 0 saturated carbocycles. The van der Waals surface area contributed by atoms with Crippen molar-refractivity contribution < 1.29 is 15.3 Å². The highest BCUT2D eigenvalue weighted by Gasteiger charge is 1.99. The van der Waals surface area contributed by atoms with Crippen molar-refractivity contribution in [2.45, 2.75) is 0 Å². The van der Waals surface area contributed by atoms with Gasteiger partial charge < -0.3 is 15.3 Å². The van der Waals surface area contributed by atoms with E-state index in [9.17, 15) is 0 Å². The normalized spacial score (nSPS) is 12.0. The van der Waals surface area contributed by atoms with E-state index in [2.05, 4.69) is 15.0 Å². The van der Waals surface area contributed by atoms with Gasteiger partial charge in [0.05, 0.1) is 18.8 Å². The standard InChI is InChI=1S/C9H9N3O3/c13-4-1-7-10-8(2-5-14)12-9(11-7)3-6-15/h1-6,13-15H/b4-1-,5-2+,6-3+. The number of aliphatic hydroxyl groups excluding tert-OH is 3. The Kier molecular flexibility index (Phi) is 3.84. The van der Waals surface area contributed by atoms with Gasteiger partial charge in [0.15, 0.2) is 17.5 Å². The van der Waals surface area contributed by atoms with Gasteiger partial charge in [-0.2, -0.15) is 0 Å². The molecule has 15 heavy (non-hydrogen) atoms. The largest absolute Gasteiger partial charge is 0.515 e. The molecule has 0 aliphatic heterocycles. The molecular formula is C9H9N3O3. The molecule has 0 spiro atoms. The van der Waals surface area contributed by atoms with E-state index in [-0.39, 0.29) is 17.5 Å². The first-order valence-electron chi connectivity index (χ1n) is 3.98. The van der Waals surface area contributed by atoms with E-state index in [4.69, 9.17) is 15.3 Å². The first-order chi connectivity index (χ1) is 7.30. The monoisotopic (exact) mass is 207 g/mol. The van der Waals surface area contributed by atoms with Crippen LogP contribution < -0.4 is 0 Å². The molecule has 0 amide bonds. The second kappa shape index (κ2) is 5.38. The van der Waals surface area contributed by atoms with Crippen molar-refractivity contribution in [3.8, 4) is 0 Å². The third-order valence-corrected chi connectivity index (χ3v) is 1.36. The molecule has 0 fully saturated rings. The van der Waals surface area contributed by atoms with Crippen molar-refractivity contribution in [2.75, 3.05) is 0 Å². The van der Waals surface area contributed by atoms with E-state index >= 15 is 0 Å². The Hall–Kier alpha value is -2.37. The second-order valence-corrected chi connectivity index (χ2v) is 2.36. The maximum Gasteiger partial charge on any atom is 0.159 e. The second-order valence-electron chi connectivity index (χ2n) is 2.36. The summed E-state index contributed by atoms with van der Waals surface area (Å²) < 4.78 is 0. The van der Waals surface area contributed by atoms with Crippen LogP contribution in [-0.2, 0) is 0 Å². The van der Waals surface area contributed by atoms with Crippen LogP contribution in [0.25, 0.3) is 18.2 Å². The molecule has 0 bridgehead atoms. The molecule has 0 radical (unpaired) electrons. The van der Waals surface area contributed by atoms with Crippen LogP contribution in [-0.4, -0.2) is 30.3 Å². The minimum Gasteiger partial charge on any atom is -0.515 e. The quantitative estimate of drug-likeness (QED) is 0.649. The summed E-state index contributed by atoms with van der Waals surface area (Å²) in [6.07, 6.45) is 6.12. The molecule has 0 aromatic carbocycles.